The van der Waals surface area contributed by atoms with E-state index in [1.165, 1.54) is 0 Å². The fraction of sp³-hybridized carbons (Fsp3) is 0.400. The number of aryl methyl sites for hydroxylation is 1. The molecule has 0 aliphatic rings. The van der Waals surface area contributed by atoms with E-state index in [9.17, 15) is 0 Å². The highest BCUT2D eigenvalue weighted by molar-refractivity contribution is 5.45. The molecule has 2 heterocycles. The summed E-state index contributed by atoms with van der Waals surface area (Å²) in [5, 5.41) is 16.5. The third-order valence-corrected chi connectivity index (χ3v) is 3.11. The Labute approximate surface area is 119 Å². The lowest BCUT2D eigenvalue weighted by atomic mass is 9.83. The Morgan fingerprint density at radius 3 is 2.50 bits per heavy atom. The molecule has 2 aromatic rings. The van der Waals surface area contributed by atoms with Crippen LogP contribution in [0.2, 0.25) is 0 Å². The summed E-state index contributed by atoms with van der Waals surface area (Å²) in [5.41, 5.74) is 2.47. The molecule has 0 aliphatic heterocycles. The third kappa shape index (κ3) is 3.15. The van der Waals surface area contributed by atoms with Gasteiger partial charge >= 0.3 is 0 Å². The minimum absolute atomic E-state index is 0.0247. The van der Waals surface area contributed by atoms with E-state index in [4.69, 9.17) is 5.26 Å². The Bertz CT molecular complexity index is 613. The van der Waals surface area contributed by atoms with Gasteiger partial charge in [-0.25, -0.2) is 4.98 Å². The van der Waals surface area contributed by atoms with Crippen molar-refractivity contribution in [1.82, 2.24) is 14.8 Å². The standard InChI is InChI=1S/C15H19N5/c1-15(2,3)14(11-8-18-20(4)10-11)19-13-6-5-12(7-16)17-9-13/h5-6,8-10,14,19H,1-4H3. The van der Waals surface area contributed by atoms with Crippen molar-refractivity contribution in [3.63, 3.8) is 0 Å². The van der Waals surface area contributed by atoms with Gasteiger partial charge in [-0.05, 0) is 17.5 Å². The highest BCUT2D eigenvalue weighted by Gasteiger charge is 2.27. The maximum Gasteiger partial charge on any atom is 0.140 e. The van der Waals surface area contributed by atoms with Crippen LogP contribution in [0, 0.1) is 16.7 Å². The summed E-state index contributed by atoms with van der Waals surface area (Å²) >= 11 is 0. The summed E-state index contributed by atoms with van der Waals surface area (Å²) in [6.45, 7) is 6.53. The maximum atomic E-state index is 8.78. The van der Waals surface area contributed by atoms with Gasteiger partial charge in [0.1, 0.15) is 11.8 Å². The lowest BCUT2D eigenvalue weighted by Gasteiger charge is -2.31. The number of nitriles is 1. The van der Waals surface area contributed by atoms with Gasteiger partial charge in [-0.15, -0.1) is 0 Å². The van der Waals surface area contributed by atoms with Crippen molar-refractivity contribution < 1.29 is 0 Å². The number of nitrogens with zero attached hydrogens (tertiary/aromatic N) is 4. The Morgan fingerprint density at radius 1 is 1.30 bits per heavy atom. The van der Waals surface area contributed by atoms with E-state index in [1.807, 2.05) is 31.6 Å². The zero-order chi connectivity index (χ0) is 14.8. The largest absolute Gasteiger partial charge is 0.376 e. The molecule has 0 saturated heterocycles. The van der Waals surface area contributed by atoms with E-state index in [0.29, 0.717) is 5.69 Å². The second-order valence-electron chi connectivity index (χ2n) is 5.93. The van der Waals surface area contributed by atoms with E-state index in [1.54, 1.807) is 16.9 Å². The van der Waals surface area contributed by atoms with E-state index in [0.717, 1.165) is 11.3 Å². The molecule has 1 N–H and O–H groups in total. The molecule has 1 atom stereocenters. The quantitative estimate of drug-likeness (QED) is 0.930. The Kier molecular flexibility index (Phi) is 3.75. The number of hydrogen-bond acceptors (Lipinski definition) is 4. The number of rotatable bonds is 3. The topological polar surface area (TPSA) is 66.5 Å². The number of hydrogen-bond donors (Lipinski definition) is 1. The number of nitrogens with one attached hydrogen (secondary N) is 1. The normalized spacial score (nSPS) is 12.8. The molecule has 0 radical (unpaired) electrons. The summed E-state index contributed by atoms with van der Waals surface area (Å²) in [6.07, 6.45) is 5.58. The molecule has 1 unspecified atom stereocenters. The monoisotopic (exact) mass is 269 g/mol. The second kappa shape index (κ2) is 5.33. The molecule has 0 bridgehead atoms. The van der Waals surface area contributed by atoms with Crippen LogP contribution in [0.5, 0.6) is 0 Å². The van der Waals surface area contributed by atoms with Crippen LogP contribution in [-0.2, 0) is 7.05 Å². The summed E-state index contributed by atoms with van der Waals surface area (Å²) in [4.78, 5) is 4.09. The van der Waals surface area contributed by atoms with E-state index < -0.39 is 0 Å². The van der Waals surface area contributed by atoms with Crippen LogP contribution in [0.25, 0.3) is 0 Å². The van der Waals surface area contributed by atoms with Crippen LogP contribution in [0.4, 0.5) is 5.69 Å². The van der Waals surface area contributed by atoms with Crippen molar-refractivity contribution in [1.29, 1.82) is 5.26 Å². The molecule has 2 aromatic heterocycles. The van der Waals surface area contributed by atoms with Crippen LogP contribution in [0.15, 0.2) is 30.7 Å². The molecule has 5 heteroatoms. The molecule has 5 nitrogen and oxygen atoms in total. The summed E-state index contributed by atoms with van der Waals surface area (Å²) in [7, 11) is 1.91. The van der Waals surface area contributed by atoms with Crippen LogP contribution in [0.3, 0.4) is 0 Å². The van der Waals surface area contributed by atoms with Gasteiger partial charge in [-0.3, -0.25) is 4.68 Å². The second-order valence-corrected chi connectivity index (χ2v) is 5.93. The first-order chi connectivity index (χ1) is 9.40. The van der Waals surface area contributed by atoms with Crippen molar-refractivity contribution in [2.24, 2.45) is 12.5 Å². The van der Waals surface area contributed by atoms with Crippen molar-refractivity contribution in [2.45, 2.75) is 26.8 Å². The zero-order valence-corrected chi connectivity index (χ0v) is 12.3. The Morgan fingerprint density at radius 2 is 2.05 bits per heavy atom. The summed E-state index contributed by atoms with van der Waals surface area (Å²) in [5.74, 6) is 0. The summed E-state index contributed by atoms with van der Waals surface area (Å²) in [6, 6.07) is 5.73. The fourth-order valence-electron chi connectivity index (χ4n) is 2.10. The molecule has 0 saturated carbocycles. The first-order valence-corrected chi connectivity index (χ1v) is 6.51. The molecule has 0 spiro atoms. The van der Waals surface area contributed by atoms with Crippen molar-refractivity contribution in [3.8, 4) is 6.07 Å². The molecule has 0 aromatic carbocycles. The molecule has 20 heavy (non-hydrogen) atoms. The van der Waals surface area contributed by atoms with Gasteiger partial charge in [-0.2, -0.15) is 10.4 Å². The molecule has 0 amide bonds. The van der Waals surface area contributed by atoms with Gasteiger partial charge in [0.25, 0.3) is 0 Å². The van der Waals surface area contributed by atoms with Crippen molar-refractivity contribution in [2.75, 3.05) is 5.32 Å². The number of pyridine rings is 1. The number of aromatic nitrogens is 3. The van der Waals surface area contributed by atoms with Crippen LogP contribution < -0.4 is 5.32 Å². The molecule has 0 fully saturated rings. The van der Waals surface area contributed by atoms with E-state index >= 15 is 0 Å². The van der Waals surface area contributed by atoms with Gasteiger partial charge in [0, 0.05) is 18.8 Å². The average Bonchev–Trinajstić information content (AvgIpc) is 2.81. The smallest absolute Gasteiger partial charge is 0.140 e. The molecule has 2 rings (SSSR count). The van der Waals surface area contributed by atoms with Gasteiger partial charge in [0.05, 0.1) is 24.1 Å². The Balaban J connectivity index is 2.26. The van der Waals surface area contributed by atoms with Crippen molar-refractivity contribution in [3.05, 3.63) is 42.0 Å². The van der Waals surface area contributed by atoms with Crippen LogP contribution >= 0.6 is 0 Å². The number of anilines is 1. The fourth-order valence-corrected chi connectivity index (χ4v) is 2.10. The first kappa shape index (κ1) is 14.1. The van der Waals surface area contributed by atoms with Gasteiger partial charge in [0.15, 0.2) is 0 Å². The SMILES string of the molecule is Cn1cc(C(Nc2ccc(C#N)nc2)C(C)(C)C)cn1. The molecular weight excluding hydrogens is 250 g/mol. The predicted octanol–water partition coefficient (Wildman–Crippen LogP) is 2.89. The predicted molar refractivity (Wildman–Crippen MR) is 78.0 cm³/mol. The third-order valence-electron chi connectivity index (χ3n) is 3.11. The Hall–Kier alpha value is -2.35. The van der Waals surface area contributed by atoms with E-state index in [2.05, 4.69) is 36.2 Å². The average molecular weight is 269 g/mol. The van der Waals surface area contributed by atoms with Crippen molar-refractivity contribution >= 4 is 5.69 Å². The molecule has 104 valence electrons. The van der Waals surface area contributed by atoms with Gasteiger partial charge in [-0.1, -0.05) is 20.8 Å². The van der Waals surface area contributed by atoms with Gasteiger partial charge < -0.3 is 5.32 Å². The van der Waals surface area contributed by atoms with E-state index in [-0.39, 0.29) is 11.5 Å². The molecule has 0 aliphatic carbocycles. The minimum Gasteiger partial charge on any atom is -0.376 e. The van der Waals surface area contributed by atoms with Crippen LogP contribution in [0.1, 0.15) is 38.1 Å². The first-order valence-electron chi connectivity index (χ1n) is 6.51. The lowest BCUT2D eigenvalue weighted by Crippen LogP contribution is -2.25. The minimum atomic E-state index is 0.0247. The maximum absolute atomic E-state index is 8.78. The lowest BCUT2D eigenvalue weighted by molar-refractivity contribution is 0.347. The van der Waals surface area contributed by atoms with Crippen LogP contribution in [-0.4, -0.2) is 14.8 Å². The zero-order valence-electron chi connectivity index (χ0n) is 12.3. The molecular formula is C15H19N5. The highest BCUT2D eigenvalue weighted by atomic mass is 15.2. The van der Waals surface area contributed by atoms with Gasteiger partial charge in [0.2, 0.25) is 0 Å². The summed E-state index contributed by atoms with van der Waals surface area (Å²) < 4.78 is 1.80. The highest BCUT2D eigenvalue weighted by Crippen LogP contribution is 2.35.